The lowest BCUT2D eigenvalue weighted by molar-refractivity contribution is 0.834. The van der Waals surface area contributed by atoms with Gasteiger partial charge in [0.05, 0.1) is 0 Å². The van der Waals surface area contributed by atoms with Crippen molar-refractivity contribution >= 4 is 33.3 Å². The van der Waals surface area contributed by atoms with Crippen LogP contribution in [0.1, 0.15) is 32.5 Å². The molecule has 0 unspecified atom stereocenters. The van der Waals surface area contributed by atoms with Crippen LogP contribution < -0.4 is 10.6 Å². The normalized spacial score (nSPS) is 10.4. The van der Waals surface area contributed by atoms with Crippen LogP contribution in [0, 0.1) is 0 Å². The van der Waals surface area contributed by atoms with Crippen molar-refractivity contribution in [3.63, 3.8) is 0 Å². The summed E-state index contributed by atoms with van der Waals surface area (Å²) in [5.74, 6) is 2.59. The maximum Gasteiger partial charge on any atom is 0.136 e. The molecule has 0 fully saturated rings. The Balaban J connectivity index is 2.19. The summed E-state index contributed by atoms with van der Waals surface area (Å²) in [6, 6.07) is 10.0. The quantitative estimate of drug-likeness (QED) is 0.757. The van der Waals surface area contributed by atoms with Gasteiger partial charge in [-0.05, 0) is 37.1 Å². The summed E-state index contributed by atoms with van der Waals surface area (Å²) in [5.41, 5.74) is 1.01. The molecule has 21 heavy (non-hydrogen) atoms. The summed E-state index contributed by atoms with van der Waals surface area (Å²) in [6.07, 6.45) is 2.99. The van der Waals surface area contributed by atoms with Crippen LogP contribution in [0.2, 0.25) is 0 Å². The van der Waals surface area contributed by atoms with Gasteiger partial charge in [-0.25, -0.2) is 9.97 Å². The highest BCUT2D eigenvalue weighted by molar-refractivity contribution is 9.10. The molecular formula is C16H21BrN4. The van der Waals surface area contributed by atoms with Crippen molar-refractivity contribution in [1.29, 1.82) is 0 Å². The molecule has 1 heterocycles. The monoisotopic (exact) mass is 348 g/mol. The minimum Gasteiger partial charge on any atom is -0.370 e. The van der Waals surface area contributed by atoms with E-state index in [1.807, 2.05) is 30.3 Å². The lowest BCUT2D eigenvalue weighted by Gasteiger charge is -2.11. The number of nitrogens with one attached hydrogen (secondary N) is 2. The second-order valence-corrected chi connectivity index (χ2v) is 5.78. The average Bonchev–Trinajstić information content (AvgIpc) is 2.48. The maximum atomic E-state index is 4.57. The molecule has 0 aliphatic rings. The highest BCUT2D eigenvalue weighted by Gasteiger charge is 2.04. The molecule has 2 aromatic rings. The third-order valence-electron chi connectivity index (χ3n) is 2.92. The molecule has 0 aliphatic carbocycles. The summed E-state index contributed by atoms with van der Waals surface area (Å²) < 4.78 is 1.06. The molecule has 0 atom stereocenters. The zero-order valence-electron chi connectivity index (χ0n) is 12.5. The third-order valence-corrected chi connectivity index (χ3v) is 3.45. The first kappa shape index (κ1) is 15.8. The number of hydrogen-bond acceptors (Lipinski definition) is 4. The predicted octanol–water partition coefficient (Wildman–Crippen LogP) is 4.76. The topological polar surface area (TPSA) is 49.8 Å². The summed E-state index contributed by atoms with van der Waals surface area (Å²) >= 11 is 3.44. The van der Waals surface area contributed by atoms with Crippen LogP contribution in [0.5, 0.6) is 0 Å². The number of hydrogen-bond donors (Lipinski definition) is 2. The number of rotatable bonds is 7. The molecule has 2 N–H and O–H groups in total. The van der Waals surface area contributed by atoms with Crippen molar-refractivity contribution < 1.29 is 0 Å². The van der Waals surface area contributed by atoms with E-state index in [0.29, 0.717) is 0 Å². The molecule has 0 saturated carbocycles. The molecule has 0 saturated heterocycles. The number of halogens is 1. The van der Waals surface area contributed by atoms with Gasteiger partial charge in [0.1, 0.15) is 17.5 Å². The zero-order chi connectivity index (χ0) is 15.1. The maximum absolute atomic E-state index is 4.57. The number of aromatic nitrogens is 2. The first-order chi connectivity index (χ1) is 10.2. The van der Waals surface area contributed by atoms with E-state index in [4.69, 9.17) is 0 Å². The standard InChI is InChI=1S/C16H21BrN4/c1-3-5-14-20-15(18-10-4-2)11-16(21-14)19-13-8-6-12(17)7-9-13/h6-9,11H,3-5,10H2,1-2H3,(H2,18,19,20,21). The Morgan fingerprint density at radius 1 is 1.00 bits per heavy atom. The van der Waals surface area contributed by atoms with E-state index in [2.05, 4.69) is 50.4 Å². The van der Waals surface area contributed by atoms with Gasteiger partial charge in [0.25, 0.3) is 0 Å². The van der Waals surface area contributed by atoms with Gasteiger partial charge in [-0.1, -0.05) is 29.8 Å². The number of anilines is 3. The summed E-state index contributed by atoms with van der Waals surface area (Å²) in [4.78, 5) is 9.12. The summed E-state index contributed by atoms with van der Waals surface area (Å²) in [7, 11) is 0. The van der Waals surface area contributed by atoms with Crippen LogP contribution >= 0.6 is 15.9 Å². The molecular weight excluding hydrogens is 328 g/mol. The highest BCUT2D eigenvalue weighted by Crippen LogP contribution is 2.20. The summed E-state index contributed by atoms with van der Waals surface area (Å²) in [6.45, 7) is 5.19. The summed E-state index contributed by atoms with van der Waals surface area (Å²) in [5, 5.41) is 6.66. The van der Waals surface area contributed by atoms with Gasteiger partial charge >= 0.3 is 0 Å². The molecule has 5 heteroatoms. The molecule has 112 valence electrons. The van der Waals surface area contributed by atoms with Crippen molar-refractivity contribution in [1.82, 2.24) is 9.97 Å². The van der Waals surface area contributed by atoms with Crippen LogP contribution in [-0.4, -0.2) is 16.5 Å². The van der Waals surface area contributed by atoms with E-state index < -0.39 is 0 Å². The molecule has 0 aliphatic heterocycles. The van der Waals surface area contributed by atoms with Gasteiger partial charge in [-0.15, -0.1) is 0 Å². The van der Waals surface area contributed by atoms with E-state index in [-0.39, 0.29) is 0 Å². The van der Waals surface area contributed by atoms with Crippen LogP contribution in [0.15, 0.2) is 34.8 Å². The van der Waals surface area contributed by atoms with E-state index in [1.165, 1.54) is 0 Å². The van der Waals surface area contributed by atoms with Crippen molar-refractivity contribution in [3.8, 4) is 0 Å². The van der Waals surface area contributed by atoms with Crippen LogP contribution in [-0.2, 0) is 6.42 Å². The third kappa shape index (κ3) is 5.01. The second-order valence-electron chi connectivity index (χ2n) is 4.86. The number of aryl methyl sites for hydroxylation is 1. The zero-order valence-corrected chi connectivity index (χ0v) is 14.1. The second kappa shape index (κ2) is 7.98. The first-order valence-corrected chi connectivity index (χ1v) is 8.15. The Labute approximate surface area is 134 Å². The lowest BCUT2D eigenvalue weighted by atomic mass is 10.3. The predicted molar refractivity (Wildman–Crippen MR) is 92.2 cm³/mol. The van der Waals surface area contributed by atoms with Crippen LogP contribution in [0.4, 0.5) is 17.3 Å². The smallest absolute Gasteiger partial charge is 0.136 e. The van der Waals surface area contributed by atoms with E-state index in [0.717, 1.165) is 53.4 Å². The van der Waals surface area contributed by atoms with Crippen molar-refractivity contribution in [2.45, 2.75) is 33.1 Å². The Morgan fingerprint density at radius 3 is 2.38 bits per heavy atom. The van der Waals surface area contributed by atoms with Gasteiger partial charge in [0.2, 0.25) is 0 Å². The average molecular weight is 349 g/mol. The van der Waals surface area contributed by atoms with Gasteiger partial charge in [0, 0.05) is 29.2 Å². The highest BCUT2D eigenvalue weighted by atomic mass is 79.9. The van der Waals surface area contributed by atoms with Gasteiger partial charge in [-0.3, -0.25) is 0 Å². The molecule has 0 spiro atoms. The Bertz CT molecular complexity index is 569. The van der Waals surface area contributed by atoms with Crippen molar-refractivity contribution in [3.05, 3.63) is 40.6 Å². The molecule has 1 aromatic heterocycles. The molecule has 1 aromatic carbocycles. The number of nitrogens with zero attached hydrogens (tertiary/aromatic N) is 2. The molecule has 4 nitrogen and oxygen atoms in total. The number of benzene rings is 1. The Morgan fingerprint density at radius 2 is 1.71 bits per heavy atom. The van der Waals surface area contributed by atoms with Crippen molar-refractivity contribution in [2.75, 3.05) is 17.2 Å². The molecule has 0 radical (unpaired) electrons. The van der Waals surface area contributed by atoms with Crippen LogP contribution in [0.3, 0.4) is 0 Å². The van der Waals surface area contributed by atoms with E-state index >= 15 is 0 Å². The van der Waals surface area contributed by atoms with E-state index in [1.54, 1.807) is 0 Å². The lowest BCUT2D eigenvalue weighted by Crippen LogP contribution is -2.07. The minimum atomic E-state index is 0.828. The SMILES string of the molecule is CCCNc1cc(Nc2ccc(Br)cc2)nc(CCC)n1. The van der Waals surface area contributed by atoms with E-state index in [9.17, 15) is 0 Å². The Hall–Kier alpha value is -1.62. The fourth-order valence-electron chi connectivity index (χ4n) is 1.92. The molecule has 0 bridgehead atoms. The molecule has 2 rings (SSSR count). The first-order valence-electron chi connectivity index (χ1n) is 7.35. The molecule has 0 amide bonds. The largest absolute Gasteiger partial charge is 0.370 e. The fourth-order valence-corrected chi connectivity index (χ4v) is 2.19. The fraction of sp³-hybridized carbons (Fsp3) is 0.375. The van der Waals surface area contributed by atoms with Crippen molar-refractivity contribution in [2.24, 2.45) is 0 Å². The van der Waals surface area contributed by atoms with Gasteiger partial charge in [-0.2, -0.15) is 0 Å². The Kier molecular flexibility index (Phi) is 5.99. The van der Waals surface area contributed by atoms with Gasteiger partial charge in [0.15, 0.2) is 0 Å². The van der Waals surface area contributed by atoms with Gasteiger partial charge < -0.3 is 10.6 Å². The minimum absolute atomic E-state index is 0.828. The van der Waals surface area contributed by atoms with Crippen LogP contribution in [0.25, 0.3) is 0 Å².